The van der Waals surface area contributed by atoms with Gasteiger partial charge in [-0.3, -0.25) is 9.59 Å². The number of esters is 1. The van der Waals surface area contributed by atoms with E-state index in [1.807, 2.05) is 0 Å². The topological polar surface area (TPSA) is 139 Å². The highest BCUT2D eigenvalue weighted by molar-refractivity contribution is 7.86. The molecule has 1 N–H and O–H groups in total. The molecule has 0 saturated heterocycles. The molecule has 0 spiro atoms. The van der Waals surface area contributed by atoms with Gasteiger partial charge in [0, 0.05) is 12.5 Å². The summed E-state index contributed by atoms with van der Waals surface area (Å²) < 4.78 is 132. The second-order valence-electron chi connectivity index (χ2n) is 5.75. The molecule has 0 aromatic heterocycles. The SMILES string of the molecule is C=CC(=O)OC(OCCCC(F)(F)C(F)(F)S(=O)(=O)[O-])(C(=O)NCC(C)=O)C(F)(F)F. The lowest BCUT2D eigenvalue weighted by Crippen LogP contribution is -2.62. The van der Waals surface area contributed by atoms with E-state index >= 15 is 0 Å². The summed E-state index contributed by atoms with van der Waals surface area (Å²) in [6.07, 6.45) is -9.31. The molecule has 0 aliphatic carbocycles. The van der Waals surface area contributed by atoms with E-state index in [-0.39, 0.29) is 6.08 Å². The number of hydrogen-bond donors (Lipinski definition) is 1. The molecule has 9 nitrogen and oxygen atoms in total. The number of ketones is 1. The predicted molar refractivity (Wildman–Crippen MR) is 83.5 cm³/mol. The zero-order chi connectivity index (χ0) is 24.9. The number of alkyl halides is 7. The fraction of sp³-hybridized carbons (Fsp3) is 0.643. The van der Waals surface area contributed by atoms with Crippen LogP contribution in [-0.4, -0.2) is 66.9 Å². The van der Waals surface area contributed by atoms with Crippen LogP contribution in [0.4, 0.5) is 30.7 Å². The zero-order valence-corrected chi connectivity index (χ0v) is 16.2. The Morgan fingerprint density at radius 1 is 1.10 bits per heavy atom. The monoisotopic (exact) mass is 490 g/mol. The van der Waals surface area contributed by atoms with Gasteiger partial charge in [-0.15, -0.1) is 0 Å². The van der Waals surface area contributed by atoms with Gasteiger partial charge >= 0.3 is 35.0 Å². The van der Waals surface area contributed by atoms with Crippen molar-refractivity contribution >= 4 is 27.8 Å². The number of ether oxygens (including phenoxy) is 2. The summed E-state index contributed by atoms with van der Waals surface area (Å²) >= 11 is 0. The maximum absolute atomic E-state index is 13.5. The number of hydrogen-bond acceptors (Lipinski definition) is 8. The van der Waals surface area contributed by atoms with E-state index in [4.69, 9.17) is 0 Å². The molecule has 0 radical (unpaired) electrons. The molecule has 17 heteroatoms. The van der Waals surface area contributed by atoms with Gasteiger partial charge in [0.05, 0.1) is 13.2 Å². The van der Waals surface area contributed by atoms with Gasteiger partial charge in [-0.25, -0.2) is 13.2 Å². The van der Waals surface area contributed by atoms with Crippen LogP contribution in [0.3, 0.4) is 0 Å². The van der Waals surface area contributed by atoms with E-state index in [1.54, 1.807) is 0 Å². The highest BCUT2D eigenvalue weighted by Crippen LogP contribution is 2.42. The van der Waals surface area contributed by atoms with E-state index in [1.165, 1.54) is 5.32 Å². The summed E-state index contributed by atoms with van der Waals surface area (Å²) in [6, 6.07) is 0. The Hall–Kier alpha value is -2.27. The standard InChI is InChI=1S/C14H16F7NO8S/c1-3-9(24)30-12(13(17,18)19,10(25)22-7-8(2)23)29-6-4-5-11(15,16)14(20,21)31(26,27)28/h3H,1,4-7H2,2H3,(H,22,25)(H,26,27,28)/p-1. The van der Waals surface area contributed by atoms with Gasteiger partial charge in [-0.05, 0) is 13.3 Å². The Kier molecular flexibility index (Phi) is 9.18. The average Bonchev–Trinajstić information content (AvgIpc) is 2.59. The van der Waals surface area contributed by atoms with Crippen LogP contribution in [0.1, 0.15) is 19.8 Å². The lowest BCUT2D eigenvalue weighted by molar-refractivity contribution is -0.347. The first-order valence-electron chi connectivity index (χ1n) is 7.80. The molecule has 1 amide bonds. The van der Waals surface area contributed by atoms with Crippen molar-refractivity contribution in [3.05, 3.63) is 12.7 Å². The quantitative estimate of drug-likeness (QED) is 0.108. The first-order valence-corrected chi connectivity index (χ1v) is 9.21. The molecule has 0 aromatic carbocycles. The van der Waals surface area contributed by atoms with E-state index in [9.17, 15) is 58.1 Å². The molecule has 0 saturated carbocycles. The molecule has 1 unspecified atom stereocenters. The highest BCUT2D eigenvalue weighted by atomic mass is 32.2. The van der Waals surface area contributed by atoms with E-state index < -0.39 is 76.9 Å². The van der Waals surface area contributed by atoms with Gasteiger partial charge in [0.25, 0.3) is 0 Å². The van der Waals surface area contributed by atoms with Gasteiger partial charge < -0.3 is 19.3 Å². The van der Waals surface area contributed by atoms with E-state index in [0.717, 1.165) is 6.92 Å². The largest absolute Gasteiger partial charge is 0.743 e. The van der Waals surface area contributed by atoms with Crippen LogP contribution in [0.5, 0.6) is 0 Å². The normalized spacial score (nSPS) is 15.0. The van der Waals surface area contributed by atoms with Gasteiger partial charge in [0.2, 0.25) is 0 Å². The maximum Gasteiger partial charge on any atom is 0.466 e. The first-order chi connectivity index (χ1) is 13.7. The predicted octanol–water partition coefficient (Wildman–Crippen LogP) is 1.25. The number of rotatable bonds is 12. The third kappa shape index (κ3) is 6.86. The number of halogens is 7. The van der Waals surface area contributed by atoms with E-state index in [2.05, 4.69) is 16.1 Å². The highest BCUT2D eigenvalue weighted by Gasteiger charge is 2.66. The Labute approximate surface area is 170 Å². The lowest BCUT2D eigenvalue weighted by atomic mass is 10.2. The molecule has 0 heterocycles. The zero-order valence-electron chi connectivity index (χ0n) is 15.4. The van der Waals surface area contributed by atoms with Crippen molar-refractivity contribution in [1.82, 2.24) is 5.32 Å². The summed E-state index contributed by atoms with van der Waals surface area (Å²) in [6.45, 7) is 1.05. The second-order valence-corrected chi connectivity index (χ2v) is 7.17. The fourth-order valence-corrected chi connectivity index (χ4v) is 2.22. The van der Waals surface area contributed by atoms with Crippen molar-refractivity contribution < 1.29 is 67.6 Å². The third-order valence-electron chi connectivity index (χ3n) is 3.26. The van der Waals surface area contributed by atoms with Gasteiger partial charge in [-0.2, -0.15) is 30.7 Å². The first kappa shape index (κ1) is 28.7. The van der Waals surface area contributed by atoms with Crippen LogP contribution in [0, 0.1) is 0 Å². The Bertz CT molecular complexity index is 812. The van der Waals surface area contributed by atoms with E-state index in [0.29, 0.717) is 0 Å². The minimum absolute atomic E-state index is 0.177. The van der Waals surface area contributed by atoms with Crippen molar-refractivity contribution in [2.75, 3.05) is 13.2 Å². The summed E-state index contributed by atoms with van der Waals surface area (Å²) in [5.74, 6) is -15.0. The van der Waals surface area contributed by atoms with Gasteiger partial charge in [0.1, 0.15) is 5.78 Å². The van der Waals surface area contributed by atoms with Crippen molar-refractivity contribution in [3.8, 4) is 0 Å². The number of amides is 1. The summed E-state index contributed by atoms with van der Waals surface area (Å²) in [5, 5.41) is -4.66. The van der Waals surface area contributed by atoms with Crippen LogP contribution in [-0.2, 0) is 34.0 Å². The lowest BCUT2D eigenvalue weighted by Gasteiger charge is -2.33. The number of nitrogens with one attached hydrogen (secondary N) is 1. The summed E-state index contributed by atoms with van der Waals surface area (Å²) in [5.41, 5.74) is 0. The fourth-order valence-electron chi connectivity index (χ4n) is 1.75. The molecule has 31 heavy (non-hydrogen) atoms. The van der Waals surface area contributed by atoms with Crippen LogP contribution in [0.15, 0.2) is 12.7 Å². The minimum atomic E-state index is -6.83. The molecule has 0 rings (SSSR count). The Morgan fingerprint density at radius 3 is 2.00 bits per heavy atom. The second kappa shape index (κ2) is 9.90. The summed E-state index contributed by atoms with van der Waals surface area (Å²) in [7, 11) is -6.83. The molecule has 0 bridgehead atoms. The Morgan fingerprint density at radius 2 is 1.61 bits per heavy atom. The smallest absolute Gasteiger partial charge is 0.466 e. The maximum atomic E-state index is 13.5. The molecule has 0 fully saturated rings. The molecular weight excluding hydrogens is 475 g/mol. The Balaban J connectivity index is 5.69. The molecule has 180 valence electrons. The van der Waals surface area contributed by atoms with Crippen LogP contribution in [0.25, 0.3) is 0 Å². The summed E-state index contributed by atoms with van der Waals surface area (Å²) in [4.78, 5) is 34.1. The van der Waals surface area contributed by atoms with Gasteiger partial charge in [0.15, 0.2) is 10.1 Å². The van der Waals surface area contributed by atoms with Crippen molar-refractivity contribution in [2.24, 2.45) is 0 Å². The number of Topliss-reactive ketones (excluding diaryl/α,β-unsaturated/α-hetero) is 1. The van der Waals surface area contributed by atoms with Crippen LogP contribution in [0.2, 0.25) is 0 Å². The van der Waals surface area contributed by atoms with Crippen LogP contribution >= 0.6 is 0 Å². The van der Waals surface area contributed by atoms with Crippen molar-refractivity contribution in [3.63, 3.8) is 0 Å². The number of carbonyl (C=O) groups is 3. The van der Waals surface area contributed by atoms with Gasteiger partial charge in [-0.1, -0.05) is 6.58 Å². The third-order valence-corrected chi connectivity index (χ3v) is 4.19. The molecule has 1 atom stereocenters. The minimum Gasteiger partial charge on any atom is -0.743 e. The molecule has 0 aliphatic heterocycles. The molecule has 0 aliphatic rings. The van der Waals surface area contributed by atoms with Crippen LogP contribution < -0.4 is 5.32 Å². The van der Waals surface area contributed by atoms with Crippen molar-refractivity contribution in [2.45, 2.75) is 42.9 Å². The number of carbonyl (C=O) groups excluding carboxylic acids is 3. The average molecular weight is 490 g/mol. The van der Waals surface area contributed by atoms with Crippen molar-refractivity contribution in [1.29, 1.82) is 0 Å². The molecular formula is C14H15F7NO8S-. The molecule has 0 aromatic rings.